The number of hydrogen-bond donors (Lipinski definition) is 0. The van der Waals surface area contributed by atoms with Crippen LogP contribution >= 0.6 is 0 Å². The molecule has 0 aromatic rings. The summed E-state index contributed by atoms with van der Waals surface area (Å²) in [5, 5.41) is 0. The third-order valence-corrected chi connectivity index (χ3v) is 2.54. The van der Waals surface area contributed by atoms with E-state index in [0.29, 0.717) is 32.2 Å². The van der Waals surface area contributed by atoms with Gasteiger partial charge in [0.05, 0.1) is 19.8 Å². The molecule has 0 heterocycles. The summed E-state index contributed by atoms with van der Waals surface area (Å²) in [5.74, 6) is 0.642. The van der Waals surface area contributed by atoms with Crippen molar-refractivity contribution < 1.29 is 18.9 Å². The minimum absolute atomic E-state index is 0.452. The molecule has 4 heteroatoms. The van der Waals surface area contributed by atoms with Gasteiger partial charge in [0.2, 0.25) is 0 Å². The maximum absolute atomic E-state index is 5.72. The molecule has 4 nitrogen and oxygen atoms in total. The predicted octanol–water partition coefficient (Wildman–Crippen LogP) is 1.99. The van der Waals surface area contributed by atoms with Gasteiger partial charge in [0, 0.05) is 14.2 Å². The molecule has 0 aromatic carbocycles. The highest BCUT2D eigenvalue weighted by Gasteiger charge is 2.28. The first kappa shape index (κ1) is 15.4. The van der Waals surface area contributed by atoms with E-state index in [-0.39, 0.29) is 0 Å². The smallest absolute Gasteiger partial charge is 0.121 e. The molecule has 0 radical (unpaired) electrons. The second kappa shape index (κ2) is 8.56. The maximum Gasteiger partial charge on any atom is 0.121 e. The Morgan fingerprint density at radius 3 is 2.12 bits per heavy atom. The first-order chi connectivity index (χ1) is 7.60. The van der Waals surface area contributed by atoms with Crippen LogP contribution in [0.3, 0.4) is 0 Å². The van der Waals surface area contributed by atoms with Crippen LogP contribution in [0.1, 0.15) is 20.3 Å². The average Bonchev–Trinajstić information content (AvgIpc) is 2.29. The Hall–Kier alpha value is -0.580. The van der Waals surface area contributed by atoms with Crippen LogP contribution in [0.4, 0.5) is 0 Å². The highest BCUT2D eigenvalue weighted by atomic mass is 16.6. The number of hydrogen-bond acceptors (Lipinski definition) is 4. The molecular formula is C12H24O4. The monoisotopic (exact) mass is 232 g/mol. The molecule has 0 aliphatic rings. The Kier molecular flexibility index (Phi) is 8.25. The number of ether oxygens (including phenoxy) is 4. The van der Waals surface area contributed by atoms with Gasteiger partial charge in [-0.25, -0.2) is 0 Å². The molecule has 0 spiro atoms. The van der Waals surface area contributed by atoms with Crippen LogP contribution in [0.25, 0.3) is 0 Å². The summed E-state index contributed by atoms with van der Waals surface area (Å²) in [7, 11) is 3.29. The fourth-order valence-corrected chi connectivity index (χ4v) is 1.13. The number of methoxy groups -OCH3 is 2. The maximum atomic E-state index is 5.72. The van der Waals surface area contributed by atoms with Gasteiger partial charge in [0.15, 0.2) is 0 Å². The van der Waals surface area contributed by atoms with Gasteiger partial charge in [0.1, 0.15) is 18.0 Å². The highest BCUT2D eigenvalue weighted by molar-refractivity contribution is 5.03. The lowest BCUT2D eigenvalue weighted by atomic mass is 10.0. The summed E-state index contributed by atoms with van der Waals surface area (Å²) < 4.78 is 21.1. The van der Waals surface area contributed by atoms with Crippen molar-refractivity contribution in [2.45, 2.75) is 25.9 Å². The van der Waals surface area contributed by atoms with Crippen LogP contribution in [0.5, 0.6) is 0 Å². The summed E-state index contributed by atoms with van der Waals surface area (Å²) in [4.78, 5) is 0. The fourth-order valence-electron chi connectivity index (χ4n) is 1.13. The van der Waals surface area contributed by atoms with E-state index in [1.54, 1.807) is 14.2 Å². The molecule has 0 bridgehead atoms. The van der Waals surface area contributed by atoms with Crippen LogP contribution in [0, 0.1) is 0 Å². The Morgan fingerprint density at radius 1 is 1.06 bits per heavy atom. The minimum Gasteiger partial charge on any atom is -0.493 e. The zero-order valence-corrected chi connectivity index (χ0v) is 10.9. The van der Waals surface area contributed by atoms with E-state index in [0.717, 1.165) is 6.42 Å². The normalized spacial score (nSPS) is 14.5. The zero-order chi connectivity index (χ0) is 12.4. The minimum atomic E-state index is -0.452. The lowest BCUT2D eigenvalue weighted by Gasteiger charge is -2.30. The van der Waals surface area contributed by atoms with Crippen LogP contribution in [0.15, 0.2) is 12.3 Å². The third kappa shape index (κ3) is 5.49. The van der Waals surface area contributed by atoms with E-state index in [9.17, 15) is 0 Å². The Balaban J connectivity index is 4.04. The van der Waals surface area contributed by atoms with Crippen molar-refractivity contribution in [2.24, 2.45) is 0 Å². The summed E-state index contributed by atoms with van der Waals surface area (Å²) >= 11 is 0. The summed E-state index contributed by atoms with van der Waals surface area (Å²) in [6.07, 6.45) is 0.808. The zero-order valence-electron chi connectivity index (χ0n) is 10.9. The van der Waals surface area contributed by atoms with Crippen LogP contribution in [-0.2, 0) is 18.9 Å². The van der Waals surface area contributed by atoms with Crippen LogP contribution < -0.4 is 0 Å². The Bertz CT molecular complexity index is 193. The molecule has 1 atom stereocenters. The lowest BCUT2D eigenvalue weighted by Crippen LogP contribution is -2.33. The first-order valence-electron chi connectivity index (χ1n) is 5.54. The molecule has 0 aromatic heterocycles. The van der Waals surface area contributed by atoms with Crippen LogP contribution in [-0.4, -0.2) is 46.2 Å². The molecule has 0 aliphatic heterocycles. The van der Waals surface area contributed by atoms with Crippen molar-refractivity contribution in [3.63, 3.8) is 0 Å². The SMILES string of the molecule is C=C(OCCOC)C(C)(CC)OCCOC. The van der Waals surface area contributed by atoms with Crippen molar-refractivity contribution in [1.29, 1.82) is 0 Å². The van der Waals surface area contributed by atoms with E-state index in [2.05, 4.69) is 6.58 Å². The largest absolute Gasteiger partial charge is 0.493 e. The van der Waals surface area contributed by atoms with Crippen LogP contribution in [0.2, 0.25) is 0 Å². The summed E-state index contributed by atoms with van der Waals surface area (Å²) in [5.41, 5.74) is -0.452. The van der Waals surface area contributed by atoms with Gasteiger partial charge in [-0.15, -0.1) is 0 Å². The molecule has 96 valence electrons. The molecule has 0 fully saturated rings. The third-order valence-electron chi connectivity index (χ3n) is 2.54. The van der Waals surface area contributed by atoms with Gasteiger partial charge in [-0.1, -0.05) is 13.5 Å². The highest BCUT2D eigenvalue weighted by Crippen LogP contribution is 2.24. The van der Waals surface area contributed by atoms with E-state index >= 15 is 0 Å². The molecule has 0 aliphatic carbocycles. The molecule has 0 amide bonds. The molecule has 16 heavy (non-hydrogen) atoms. The Labute approximate surface area is 98.5 Å². The lowest BCUT2D eigenvalue weighted by molar-refractivity contribution is -0.0645. The first-order valence-corrected chi connectivity index (χ1v) is 5.54. The molecule has 0 N–H and O–H groups in total. The number of rotatable bonds is 10. The van der Waals surface area contributed by atoms with E-state index in [1.807, 2.05) is 13.8 Å². The predicted molar refractivity (Wildman–Crippen MR) is 63.5 cm³/mol. The Morgan fingerprint density at radius 2 is 1.62 bits per heavy atom. The molecule has 1 unspecified atom stereocenters. The summed E-state index contributed by atoms with van der Waals surface area (Å²) in [6.45, 7) is 10.1. The van der Waals surface area contributed by atoms with E-state index in [1.165, 1.54) is 0 Å². The quantitative estimate of drug-likeness (QED) is 0.426. The van der Waals surface area contributed by atoms with Crippen molar-refractivity contribution in [1.82, 2.24) is 0 Å². The van der Waals surface area contributed by atoms with Gasteiger partial charge in [-0.3, -0.25) is 0 Å². The van der Waals surface area contributed by atoms with Gasteiger partial charge in [-0.2, -0.15) is 0 Å². The standard InChI is InChI=1S/C12H24O4/c1-6-12(3,16-10-8-14-5)11(2)15-9-7-13-4/h2,6-10H2,1,3-5H3. The van der Waals surface area contributed by atoms with Gasteiger partial charge in [0.25, 0.3) is 0 Å². The van der Waals surface area contributed by atoms with Crippen molar-refractivity contribution in [2.75, 3.05) is 40.6 Å². The van der Waals surface area contributed by atoms with E-state index < -0.39 is 5.60 Å². The second-order valence-corrected chi connectivity index (χ2v) is 3.69. The van der Waals surface area contributed by atoms with Gasteiger partial charge < -0.3 is 18.9 Å². The van der Waals surface area contributed by atoms with Crippen molar-refractivity contribution >= 4 is 0 Å². The summed E-state index contributed by atoms with van der Waals surface area (Å²) in [6, 6.07) is 0. The van der Waals surface area contributed by atoms with Crippen molar-refractivity contribution in [3.8, 4) is 0 Å². The van der Waals surface area contributed by atoms with Gasteiger partial charge >= 0.3 is 0 Å². The fraction of sp³-hybridized carbons (Fsp3) is 0.833. The van der Waals surface area contributed by atoms with E-state index in [4.69, 9.17) is 18.9 Å². The molecule has 0 saturated heterocycles. The topological polar surface area (TPSA) is 36.9 Å². The van der Waals surface area contributed by atoms with Gasteiger partial charge in [-0.05, 0) is 13.3 Å². The van der Waals surface area contributed by atoms with Crippen molar-refractivity contribution in [3.05, 3.63) is 12.3 Å². The molecule has 0 saturated carbocycles. The molecular weight excluding hydrogens is 208 g/mol. The second-order valence-electron chi connectivity index (χ2n) is 3.69. The molecule has 0 rings (SSSR count). The average molecular weight is 232 g/mol.